The lowest BCUT2D eigenvalue weighted by Crippen LogP contribution is -2.29. The second-order valence-corrected chi connectivity index (χ2v) is 7.35. The number of hydrogen-bond donors (Lipinski definition) is 2. The average molecular weight is 291 g/mol. The molecule has 1 unspecified atom stereocenters. The highest BCUT2D eigenvalue weighted by Gasteiger charge is 2.27. The summed E-state index contributed by atoms with van der Waals surface area (Å²) in [5, 5.41) is 10.4. The molecular weight excluding hydrogens is 274 g/mol. The largest absolute Gasteiger partial charge is 0.309 e. The molecule has 0 radical (unpaired) electrons. The SMILES string of the molecule is O=S1(=O)CCC(NCc2cn[nH]c2-c2ccccc2)C1. The number of aromatic amines is 1. The van der Waals surface area contributed by atoms with E-state index in [2.05, 4.69) is 15.5 Å². The summed E-state index contributed by atoms with van der Waals surface area (Å²) in [6, 6.07) is 10.0. The molecule has 20 heavy (non-hydrogen) atoms. The van der Waals surface area contributed by atoms with E-state index < -0.39 is 9.84 Å². The second kappa shape index (κ2) is 5.38. The Kier molecular flexibility index (Phi) is 3.58. The summed E-state index contributed by atoms with van der Waals surface area (Å²) in [7, 11) is -2.83. The van der Waals surface area contributed by atoms with E-state index in [0.717, 1.165) is 16.8 Å². The highest BCUT2D eigenvalue weighted by atomic mass is 32.2. The predicted octanol–water partition coefficient (Wildman–Crippen LogP) is 1.35. The summed E-state index contributed by atoms with van der Waals surface area (Å²) in [5.41, 5.74) is 3.13. The molecule has 1 aromatic carbocycles. The summed E-state index contributed by atoms with van der Waals surface area (Å²) < 4.78 is 22.9. The molecule has 1 aliphatic heterocycles. The minimum Gasteiger partial charge on any atom is -0.309 e. The van der Waals surface area contributed by atoms with E-state index in [1.165, 1.54) is 0 Å². The molecule has 2 aromatic rings. The van der Waals surface area contributed by atoms with Crippen LogP contribution in [0.25, 0.3) is 11.3 Å². The van der Waals surface area contributed by atoms with E-state index in [-0.39, 0.29) is 11.8 Å². The number of sulfone groups is 1. The standard InChI is InChI=1S/C14H17N3O2S/c18-20(19)7-6-13(10-20)15-8-12-9-16-17-14(12)11-4-2-1-3-5-11/h1-5,9,13,15H,6-8,10H2,(H,16,17). The molecule has 106 valence electrons. The lowest BCUT2D eigenvalue weighted by Gasteiger charge is -2.10. The summed E-state index contributed by atoms with van der Waals surface area (Å²) in [6.45, 7) is 0.626. The van der Waals surface area contributed by atoms with Crippen LogP contribution in [0.3, 0.4) is 0 Å². The molecule has 1 saturated heterocycles. The van der Waals surface area contributed by atoms with Crippen LogP contribution < -0.4 is 5.32 Å². The third-order valence-electron chi connectivity index (χ3n) is 3.59. The van der Waals surface area contributed by atoms with Gasteiger partial charge in [-0.15, -0.1) is 0 Å². The van der Waals surface area contributed by atoms with Gasteiger partial charge in [0, 0.05) is 18.2 Å². The van der Waals surface area contributed by atoms with Gasteiger partial charge in [-0.05, 0) is 12.0 Å². The Morgan fingerprint density at radius 2 is 2.10 bits per heavy atom. The van der Waals surface area contributed by atoms with Crippen molar-refractivity contribution in [2.75, 3.05) is 11.5 Å². The van der Waals surface area contributed by atoms with Crippen LogP contribution in [-0.4, -0.2) is 36.2 Å². The zero-order chi connectivity index (χ0) is 14.0. The number of benzene rings is 1. The van der Waals surface area contributed by atoms with Gasteiger partial charge in [-0.25, -0.2) is 8.42 Å². The molecule has 3 rings (SSSR count). The fourth-order valence-corrected chi connectivity index (χ4v) is 4.22. The van der Waals surface area contributed by atoms with Gasteiger partial charge < -0.3 is 5.32 Å². The number of aromatic nitrogens is 2. The van der Waals surface area contributed by atoms with Crippen molar-refractivity contribution in [1.82, 2.24) is 15.5 Å². The Hall–Kier alpha value is -1.66. The van der Waals surface area contributed by atoms with Crippen molar-refractivity contribution in [3.63, 3.8) is 0 Å². The van der Waals surface area contributed by atoms with E-state index >= 15 is 0 Å². The Labute approximate surface area is 118 Å². The molecule has 1 fully saturated rings. The zero-order valence-electron chi connectivity index (χ0n) is 11.0. The van der Waals surface area contributed by atoms with Crippen molar-refractivity contribution >= 4 is 9.84 Å². The molecule has 0 aliphatic carbocycles. The highest BCUT2D eigenvalue weighted by Crippen LogP contribution is 2.21. The molecule has 6 heteroatoms. The maximum absolute atomic E-state index is 11.4. The Balaban J connectivity index is 1.69. The van der Waals surface area contributed by atoms with Crippen LogP contribution in [-0.2, 0) is 16.4 Å². The molecule has 0 saturated carbocycles. The summed E-state index contributed by atoms with van der Waals surface area (Å²) >= 11 is 0. The summed E-state index contributed by atoms with van der Waals surface area (Å²) in [5.74, 6) is 0.535. The molecular formula is C14H17N3O2S. The van der Waals surface area contributed by atoms with Crippen LogP contribution in [0.4, 0.5) is 0 Å². The fourth-order valence-electron chi connectivity index (χ4n) is 2.51. The Morgan fingerprint density at radius 3 is 2.80 bits per heavy atom. The van der Waals surface area contributed by atoms with Gasteiger partial charge in [-0.2, -0.15) is 5.10 Å². The van der Waals surface area contributed by atoms with Crippen LogP contribution in [0.2, 0.25) is 0 Å². The van der Waals surface area contributed by atoms with Crippen LogP contribution in [0.5, 0.6) is 0 Å². The number of nitrogens with one attached hydrogen (secondary N) is 2. The van der Waals surface area contributed by atoms with Gasteiger partial charge in [0.15, 0.2) is 9.84 Å². The molecule has 2 N–H and O–H groups in total. The van der Waals surface area contributed by atoms with Crippen molar-refractivity contribution in [2.24, 2.45) is 0 Å². The first-order valence-electron chi connectivity index (χ1n) is 6.65. The number of hydrogen-bond acceptors (Lipinski definition) is 4. The van der Waals surface area contributed by atoms with Crippen LogP contribution in [0, 0.1) is 0 Å². The highest BCUT2D eigenvalue weighted by molar-refractivity contribution is 7.91. The molecule has 1 atom stereocenters. The zero-order valence-corrected chi connectivity index (χ0v) is 11.9. The second-order valence-electron chi connectivity index (χ2n) is 5.12. The average Bonchev–Trinajstić information content (AvgIpc) is 3.03. The van der Waals surface area contributed by atoms with Gasteiger partial charge in [0.25, 0.3) is 0 Å². The quantitative estimate of drug-likeness (QED) is 0.892. The summed E-state index contributed by atoms with van der Waals surface area (Å²) in [6.07, 6.45) is 2.49. The van der Waals surface area contributed by atoms with Crippen molar-refractivity contribution in [3.8, 4) is 11.3 Å². The van der Waals surface area contributed by atoms with Crippen molar-refractivity contribution in [3.05, 3.63) is 42.1 Å². The first-order valence-corrected chi connectivity index (χ1v) is 8.48. The lowest BCUT2D eigenvalue weighted by molar-refractivity contribution is 0.554. The van der Waals surface area contributed by atoms with E-state index in [0.29, 0.717) is 18.7 Å². The first-order chi connectivity index (χ1) is 9.64. The van der Waals surface area contributed by atoms with Gasteiger partial charge in [0.05, 0.1) is 23.4 Å². The molecule has 0 bridgehead atoms. The van der Waals surface area contributed by atoms with Crippen molar-refractivity contribution in [2.45, 2.75) is 19.0 Å². The molecule has 1 aromatic heterocycles. The number of rotatable bonds is 4. The van der Waals surface area contributed by atoms with Gasteiger partial charge >= 0.3 is 0 Å². The Bertz CT molecular complexity index is 679. The number of H-pyrrole nitrogens is 1. The fraction of sp³-hybridized carbons (Fsp3) is 0.357. The van der Waals surface area contributed by atoms with E-state index in [1.54, 1.807) is 6.20 Å². The normalized spacial score (nSPS) is 21.1. The maximum Gasteiger partial charge on any atom is 0.151 e. The van der Waals surface area contributed by atoms with E-state index in [4.69, 9.17) is 0 Å². The topological polar surface area (TPSA) is 74.8 Å². The molecule has 2 heterocycles. The maximum atomic E-state index is 11.4. The van der Waals surface area contributed by atoms with Crippen molar-refractivity contribution < 1.29 is 8.42 Å². The lowest BCUT2D eigenvalue weighted by atomic mass is 10.1. The molecule has 1 aliphatic rings. The van der Waals surface area contributed by atoms with Crippen LogP contribution in [0.1, 0.15) is 12.0 Å². The molecule has 0 amide bonds. The first kappa shape index (κ1) is 13.3. The third-order valence-corrected chi connectivity index (χ3v) is 5.36. The number of nitrogens with zero attached hydrogens (tertiary/aromatic N) is 1. The van der Waals surface area contributed by atoms with Gasteiger partial charge in [-0.3, -0.25) is 5.10 Å². The minimum atomic E-state index is -2.83. The van der Waals surface area contributed by atoms with Gasteiger partial charge in [0.2, 0.25) is 0 Å². The monoisotopic (exact) mass is 291 g/mol. The molecule has 5 nitrogen and oxygen atoms in total. The smallest absolute Gasteiger partial charge is 0.151 e. The summed E-state index contributed by atoms with van der Waals surface area (Å²) in [4.78, 5) is 0. The van der Waals surface area contributed by atoms with Gasteiger partial charge in [0.1, 0.15) is 0 Å². The van der Waals surface area contributed by atoms with Crippen molar-refractivity contribution in [1.29, 1.82) is 0 Å². The van der Waals surface area contributed by atoms with E-state index in [1.807, 2.05) is 30.3 Å². The van der Waals surface area contributed by atoms with Crippen LogP contribution in [0.15, 0.2) is 36.5 Å². The third kappa shape index (κ3) is 2.91. The Morgan fingerprint density at radius 1 is 1.30 bits per heavy atom. The van der Waals surface area contributed by atoms with Gasteiger partial charge in [-0.1, -0.05) is 30.3 Å². The minimum absolute atomic E-state index is 0.0542. The van der Waals surface area contributed by atoms with E-state index in [9.17, 15) is 8.42 Å². The van der Waals surface area contributed by atoms with Crippen LogP contribution >= 0.6 is 0 Å². The molecule has 0 spiro atoms. The predicted molar refractivity (Wildman–Crippen MR) is 77.9 cm³/mol.